The van der Waals surface area contributed by atoms with Crippen LogP contribution in [0.4, 0.5) is 5.69 Å². The minimum absolute atomic E-state index is 0.0425. The molecule has 124 valence electrons. The average Bonchev–Trinajstić information content (AvgIpc) is 2.62. The molecule has 0 spiro atoms. The van der Waals surface area contributed by atoms with Crippen LogP contribution in [0.25, 0.3) is 10.9 Å². The van der Waals surface area contributed by atoms with Crippen molar-refractivity contribution in [2.75, 3.05) is 0 Å². The van der Waals surface area contributed by atoms with E-state index in [4.69, 9.17) is 0 Å². The number of nitrogens with zero attached hydrogens (tertiary/aromatic N) is 3. The molecule has 2 aromatic carbocycles. The third kappa shape index (κ3) is 3.55. The zero-order valence-corrected chi connectivity index (χ0v) is 12.7. The van der Waals surface area contributed by atoms with Crippen LogP contribution in [0.2, 0.25) is 0 Å². The van der Waals surface area contributed by atoms with E-state index in [1.807, 2.05) is 0 Å². The maximum absolute atomic E-state index is 12.0. The molecule has 0 aliphatic carbocycles. The molecule has 1 amide bonds. The summed E-state index contributed by atoms with van der Waals surface area (Å²) in [6, 6.07) is 12.3. The Labute approximate surface area is 140 Å². The number of nitrogens with one attached hydrogen (secondary N) is 2. The largest absolute Gasteiger partial charge is 0.307 e. The van der Waals surface area contributed by atoms with E-state index >= 15 is 0 Å². The van der Waals surface area contributed by atoms with Crippen LogP contribution in [0, 0.1) is 10.1 Å². The highest BCUT2D eigenvalue weighted by atomic mass is 16.6. The van der Waals surface area contributed by atoms with Crippen LogP contribution in [0.15, 0.2) is 58.4 Å². The van der Waals surface area contributed by atoms with Crippen molar-refractivity contribution in [2.45, 2.75) is 0 Å². The van der Waals surface area contributed by atoms with Gasteiger partial charge in [-0.25, -0.2) is 10.4 Å². The molecule has 0 aliphatic rings. The molecule has 0 unspecified atom stereocenters. The van der Waals surface area contributed by atoms with E-state index in [-0.39, 0.29) is 11.5 Å². The first-order chi connectivity index (χ1) is 12.0. The van der Waals surface area contributed by atoms with E-state index in [0.717, 1.165) is 0 Å². The minimum Gasteiger partial charge on any atom is -0.302 e. The number of hydrogen-bond acceptors (Lipinski definition) is 6. The molecule has 9 heteroatoms. The number of benzene rings is 2. The number of rotatable bonds is 4. The molecule has 0 fully saturated rings. The first kappa shape index (κ1) is 16.0. The smallest absolute Gasteiger partial charge is 0.302 e. The lowest BCUT2D eigenvalue weighted by molar-refractivity contribution is -0.384. The van der Waals surface area contributed by atoms with Gasteiger partial charge >= 0.3 is 5.91 Å². The van der Waals surface area contributed by atoms with Crippen molar-refractivity contribution in [1.29, 1.82) is 0 Å². The van der Waals surface area contributed by atoms with Crippen molar-refractivity contribution in [3.05, 3.63) is 80.4 Å². The van der Waals surface area contributed by atoms with Gasteiger partial charge < -0.3 is 4.98 Å². The van der Waals surface area contributed by atoms with Gasteiger partial charge in [0.1, 0.15) is 0 Å². The maximum atomic E-state index is 12.0. The van der Waals surface area contributed by atoms with E-state index in [1.165, 1.54) is 30.5 Å². The summed E-state index contributed by atoms with van der Waals surface area (Å²) in [6.07, 6.45) is 1.32. The molecule has 9 nitrogen and oxygen atoms in total. The lowest BCUT2D eigenvalue weighted by Gasteiger charge is -2.01. The van der Waals surface area contributed by atoms with Gasteiger partial charge in [0.25, 0.3) is 11.2 Å². The Balaban J connectivity index is 1.74. The van der Waals surface area contributed by atoms with Gasteiger partial charge in [0.05, 0.1) is 22.0 Å². The molecule has 0 saturated carbocycles. The standard InChI is InChI=1S/C16H11N5O4/c22-15-12-3-1-2-4-13(12)18-14(19-15)16(23)20-17-9-10-5-7-11(8-6-10)21(24)25/h1-9H,(H,20,23)(H,18,19,22)/b17-9-. The molecule has 0 saturated heterocycles. The van der Waals surface area contributed by atoms with E-state index in [1.54, 1.807) is 24.3 Å². The fourth-order valence-electron chi connectivity index (χ4n) is 2.09. The second-order valence-electron chi connectivity index (χ2n) is 4.98. The molecule has 2 N–H and O–H groups in total. The molecule has 0 bridgehead atoms. The summed E-state index contributed by atoms with van der Waals surface area (Å²) in [7, 11) is 0. The van der Waals surface area contributed by atoms with Gasteiger partial charge in [0, 0.05) is 12.1 Å². The van der Waals surface area contributed by atoms with Crippen LogP contribution in [0.5, 0.6) is 0 Å². The van der Waals surface area contributed by atoms with Crippen molar-refractivity contribution in [3.8, 4) is 0 Å². The first-order valence-electron chi connectivity index (χ1n) is 7.11. The Hall–Kier alpha value is -3.88. The maximum Gasteiger partial charge on any atom is 0.307 e. The Morgan fingerprint density at radius 1 is 1.20 bits per heavy atom. The quantitative estimate of drug-likeness (QED) is 0.424. The average molecular weight is 337 g/mol. The number of non-ortho nitro benzene ring substituents is 1. The SMILES string of the molecule is O=C(N/N=C\c1ccc([N+](=O)[O-])cc1)c1nc2ccccc2c(=O)[nH]1. The minimum atomic E-state index is -0.680. The molecule has 0 atom stereocenters. The van der Waals surface area contributed by atoms with Crippen molar-refractivity contribution in [3.63, 3.8) is 0 Å². The number of H-pyrrole nitrogens is 1. The van der Waals surface area contributed by atoms with Gasteiger partial charge in [0.2, 0.25) is 5.82 Å². The van der Waals surface area contributed by atoms with Crippen LogP contribution in [-0.2, 0) is 0 Å². The third-order valence-corrected chi connectivity index (χ3v) is 3.31. The van der Waals surface area contributed by atoms with Crippen molar-refractivity contribution >= 4 is 28.7 Å². The summed E-state index contributed by atoms with van der Waals surface area (Å²) in [5.74, 6) is -0.842. The summed E-state index contributed by atoms with van der Waals surface area (Å²) in [6.45, 7) is 0. The van der Waals surface area contributed by atoms with Crippen molar-refractivity contribution in [1.82, 2.24) is 15.4 Å². The second-order valence-corrected chi connectivity index (χ2v) is 4.98. The Morgan fingerprint density at radius 2 is 1.92 bits per heavy atom. The molecular formula is C16H11N5O4. The number of amides is 1. The molecule has 3 rings (SSSR count). The Kier molecular flexibility index (Phi) is 4.29. The van der Waals surface area contributed by atoms with E-state index in [0.29, 0.717) is 16.5 Å². The highest BCUT2D eigenvalue weighted by molar-refractivity contribution is 5.93. The first-order valence-corrected chi connectivity index (χ1v) is 7.11. The van der Waals surface area contributed by atoms with Crippen LogP contribution in [-0.4, -0.2) is 27.0 Å². The topological polar surface area (TPSA) is 130 Å². The van der Waals surface area contributed by atoms with E-state index in [9.17, 15) is 19.7 Å². The molecule has 1 aromatic heterocycles. The lowest BCUT2D eigenvalue weighted by atomic mass is 10.2. The summed E-state index contributed by atoms with van der Waals surface area (Å²) < 4.78 is 0. The number of para-hydroxylation sites is 1. The fourth-order valence-corrected chi connectivity index (χ4v) is 2.09. The van der Waals surface area contributed by atoms with Gasteiger partial charge in [-0.1, -0.05) is 12.1 Å². The number of aromatic nitrogens is 2. The van der Waals surface area contributed by atoms with Crippen LogP contribution in [0.3, 0.4) is 0 Å². The van der Waals surface area contributed by atoms with Crippen molar-refractivity contribution < 1.29 is 9.72 Å². The molecule has 1 heterocycles. The fraction of sp³-hybridized carbons (Fsp3) is 0. The molecule has 25 heavy (non-hydrogen) atoms. The van der Waals surface area contributed by atoms with Gasteiger partial charge in [-0.2, -0.15) is 5.10 Å². The summed E-state index contributed by atoms with van der Waals surface area (Å²) >= 11 is 0. The number of nitro groups is 1. The van der Waals surface area contributed by atoms with E-state index in [2.05, 4.69) is 20.5 Å². The van der Waals surface area contributed by atoms with Gasteiger partial charge in [-0.15, -0.1) is 0 Å². The van der Waals surface area contributed by atoms with Crippen LogP contribution < -0.4 is 11.0 Å². The van der Waals surface area contributed by atoms with Crippen molar-refractivity contribution in [2.24, 2.45) is 5.10 Å². The molecule has 0 radical (unpaired) electrons. The summed E-state index contributed by atoms with van der Waals surface area (Å²) in [4.78, 5) is 40.5. The number of nitro benzene ring substituents is 1. The summed E-state index contributed by atoms with van der Waals surface area (Å²) in [5, 5.41) is 14.7. The predicted octanol–water partition coefficient (Wildman–Crippen LogP) is 1.60. The lowest BCUT2D eigenvalue weighted by Crippen LogP contribution is -2.24. The second kappa shape index (κ2) is 6.71. The van der Waals surface area contributed by atoms with Gasteiger partial charge in [-0.05, 0) is 29.8 Å². The number of hydrogen-bond donors (Lipinski definition) is 2. The highest BCUT2D eigenvalue weighted by Gasteiger charge is 2.10. The predicted molar refractivity (Wildman–Crippen MR) is 90.5 cm³/mol. The van der Waals surface area contributed by atoms with Crippen LogP contribution in [0.1, 0.15) is 16.2 Å². The Bertz CT molecular complexity index is 1040. The molecule has 0 aliphatic heterocycles. The zero-order valence-electron chi connectivity index (χ0n) is 12.7. The number of carbonyl (C=O) groups excluding carboxylic acids is 1. The third-order valence-electron chi connectivity index (χ3n) is 3.31. The van der Waals surface area contributed by atoms with Crippen LogP contribution >= 0.6 is 0 Å². The number of carbonyl (C=O) groups is 1. The monoisotopic (exact) mass is 337 g/mol. The number of fused-ring (bicyclic) bond motifs is 1. The van der Waals surface area contributed by atoms with Gasteiger partial charge in [0.15, 0.2) is 0 Å². The highest BCUT2D eigenvalue weighted by Crippen LogP contribution is 2.10. The summed E-state index contributed by atoms with van der Waals surface area (Å²) in [5.41, 5.74) is 2.74. The van der Waals surface area contributed by atoms with Gasteiger partial charge in [-0.3, -0.25) is 19.7 Å². The Morgan fingerprint density at radius 3 is 2.64 bits per heavy atom. The van der Waals surface area contributed by atoms with E-state index < -0.39 is 16.4 Å². The normalized spacial score (nSPS) is 10.9. The molecule has 3 aromatic rings. The number of hydrazone groups is 1. The zero-order chi connectivity index (χ0) is 17.8. The molecular weight excluding hydrogens is 326 g/mol. The number of aromatic amines is 1.